The lowest BCUT2D eigenvalue weighted by Crippen LogP contribution is -2.40. The van der Waals surface area contributed by atoms with Gasteiger partial charge in [0, 0.05) is 28.3 Å². The van der Waals surface area contributed by atoms with Crippen LogP contribution >= 0.6 is 0 Å². The van der Waals surface area contributed by atoms with E-state index in [4.69, 9.17) is 9.98 Å². The Balaban J connectivity index is 1.05. The third-order valence-corrected chi connectivity index (χ3v) is 12.5. The van der Waals surface area contributed by atoms with Gasteiger partial charge in [-0.1, -0.05) is 172 Å². The van der Waals surface area contributed by atoms with Crippen molar-refractivity contribution in [3.63, 3.8) is 0 Å². The van der Waals surface area contributed by atoms with Gasteiger partial charge in [0.2, 0.25) is 0 Å². The molecule has 4 nitrogen and oxygen atoms in total. The molecule has 2 heterocycles. The number of nitrogens with one attached hydrogen (secondary N) is 1. The number of amidine groups is 2. The van der Waals surface area contributed by atoms with Crippen LogP contribution in [0.25, 0.3) is 33.5 Å². The summed E-state index contributed by atoms with van der Waals surface area (Å²) in [6, 6.07) is 67.9. The van der Waals surface area contributed by atoms with Crippen molar-refractivity contribution in [2.45, 2.75) is 30.8 Å². The lowest BCUT2D eigenvalue weighted by Gasteiger charge is -2.46. The van der Waals surface area contributed by atoms with Gasteiger partial charge in [0.25, 0.3) is 0 Å². The molecule has 7 aromatic carbocycles. The molecule has 1 aromatic heterocycles. The van der Waals surface area contributed by atoms with Crippen LogP contribution in [0.4, 0.5) is 0 Å². The molecular formula is C54H40N4. The Kier molecular flexibility index (Phi) is 7.77. The van der Waals surface area contributed by atoms with E-state index < -0.39 is 5.41 Å². The molecule has 8 aromatic rings. The number of nitrogens with zero attached hydrogens (tertiary/aromatic N) is 3. The van der Waals surface area contributed by atoms with Gasteiger partial charge in [-0.15, -0.1) is 0 Å². The zero-order valence-corrected chi connectivity index (χ0v) is 32.4. The summed E-state index contributed by atoms with van der Waals surface area (Å²) in [5, 5.41) is 3.69. The number of aromatic nitrogens is 1. The smallest absolute Gasteiger partial charge is 0.159 e. The predicted octanol–water partition coefficient (Wildman–Crippen LogP) is 11.9. The summed E-state index contributed by atoms with van der Waals surface area (Å²) in [5.41, 5.74) is 17.4. The molecule has 0 radical (unpaired) electrons. The molecule has 3 aliphatic rings. The third kappa shape index (κ3) is 5.18. The fourth-order valence-electron chi connectivity index (χ4n) is 9.77. The van der Waals surface area contributed by atoms with E-state index in [2.05, 4.69) is 176 Å². The Hall–Kier alpha value is -7.17. The van der Waals surface area contributed by atoms with Crippen molar-refractivity contribution in [1.29, 1.82) is 0 Å². The Morgan fingerprint density at radius 1 is 0.448 bits per heavy atom. The predicted molar refractivity (Wildman–Crippen MR) is 236 cm³/mol. The highest BCUT2D eigenvalue weighted by atomic mass is 15.2. The lowest BCUT2D eigenvalue weighted by molar-refractivity contribution is 0.563. The van der Waals surface area contributed by atoms with Gasteiger partial charge in [0.05, 0.1) is 11.1 Å². The average molecular weight is 745 g/mol. The van der Waals surface area contributed by atoms with E-state index in [0.717, 1.165) is 39.3 Å². The first-order valence-corrected chi connectivity index (χ1v) is 20.1. The van der Waals surface area contributed by atoms with Crippen molar-refractivity contribution in [2.75, 3.05) is 0 Å². The van der Waals surface area contributed by atoms with E-state index >= 15 is 0 Å². The van der Waals surface area contributed by atoms with Crippen molar-refractivity contribution in [2.24, 2.45) is 9.98 Å². The van der Waals surface area contributed by atoms with Crippen molar-refractivity contribution in [3.8, 4) is 33.5 Å². The zero-order valence-electron chi connectivity index (χ0n) is 32.4. The molecule has 0 fully saturated rings. The van der Waals surface area contributed by atoms with Crippen LogP contribution in [0.3, 0.4) is 0 Å². The minimum atomic E-state index is -0.447. The van der Waals surface area contributed by atoms with Gasteiger partial charge in [-0.2, -0.15) is 0 Å². The minimum Gasteiger partial charge on any atom is -0.344 e. The minimum absolute atomic E-state index is 0.143. The number of fused-ring (bicyclic) bond motifs is 9. The molecule has 58 heavy (non-hydrogen) atoms. The van der Waals surface area contributed by atoms with E-state index in [1.807, 2.05) is 42.6 Å². The molecular weight excluding hydrogens is 705 g/mol. The summed E-state index contributed by atoms with van der Waals surface area (Å²) in [6.45, 7) is 4.75. The largest absolute Gasteiger partial charge is 0.344 e. The second-order valence-electron chi connectivity index (χ2n) is 16.0. The molecule has 1 atom stereocenters. The first-order valence-electron chi connectivity index (χ1n) is 20.1. The van der Waals surface area contributed by atoms with E-state index in [0.29, 0.717) is 5.84 Å². The van der Waals surface area contributed by atoms with E-state index in [1.54, 1.807) is 0 Å². The summed E-state index contributed by atoms with van der Waals surface area (Å²) < 4.78 is 0. The monoisotopic (exact) mass is 744 g/mol. The van der Waals surface area contributed by atoms with Crippen LogP contribution in [0.15, 0.2) is 204 Å². The summed E-state index contributed by atoms with van der Waals surface area (Å²) >= 11 is 0. The molecule has 1 spiro atoms. The maximum atomic E-state index is 5.28. The van der Waals surface area contributed by atoms with Gasteiger partial charge < -0.3 is 5.32 Å². The Morgan fingerprint density at radius 2 is 1.05 bits per heavy atom. The van der Waals surface area contributed by atoms with Gasteiger partial charge in [0.15, 0.2) is 5.84 Å². The van der Waals surface area contributed by atoms with Crippen LogP contribution < -0.4 is 5.32 Å². The van der Waals surface area contributed by atoms with Crippen LogP contribution in [-0.2, 0) is 10.8 Å². The van der Waals surface area contributed by atoms with Gasteiger partial charge in [-0.05, 0) is 91.5 Å². The molecule has 1 unspecified atom stereocenters. The third-order valence-electron chi connectivity index (χ3n) is 12.5. The Labute approximate surface area is 339 Å². The molecule has 4 heteroatoms. The zero-order chi connectivity index (χ0) is 38.8. The highest BCUT2D eigenvalue weighted by Crippen LogP contribution is 2.62. The second-order valence-corrected chi connectivity index (χ2v) is 16.0. The summed E-state index contributed by atoms with van der Waals surface area (Å²) in [6.07, 6.45) is 1.47. The van der Waals surface area contributed by atoms with Gasteiger partial charge >= 0.3 is 0 Å². The summed E-state index contributed by atoms with van der Waals surface area (Å²) in [4.78, 5) is 15.0. The number of pyridine rings is 1. The molecule has 1 aliphatic heterocycles. The van der Waals surface area contributed by atoms with Crippen LogP contribution in [0.5, 0.6) is 0 Å². The Bertz CT molecular complexity index is 2910. The standard InChI is InChI=1S/C54H40N4/c1-53(2)44-24-8-10-26-46(44)54(47-27-11-9-25-45(47)53)43-23-7-6-22-41(43)42-30-29-37(34-48(42)54)36-18-14-20-39(32-36)51-56-50(35-16-4-3-5-17-35)57-52(58-51)40-21-15-19-38(33-40)49-28-12-13-31-55-49/h3-34,51H,1-2H3,(H,56,57,58). The van der Waals surface area contributed by atoms with Gasteiger partial charge in [-0.3, -0.25) is 4.98 Å². The van der Waals surface area contributed by atoms with Crippen molar-refractivity contribution < 1.29 is 0 Å². The fraction of sp³-hybridized carbons (Fsp3) is 0.0926. The van der Waals surface area contributed by atoms with Crippen LogP contribution in [0, 0.1) is 0 Å². The second kappa shape index (κ2) is 13.2. The quantitative estimate of drug-likeness (QED) is 0.191. The highest BCUT2D eigenvalue weighted by molar-refractivity contribution is 6.13. The molecule has 276 valence electrons. The molecule has 1 N–H and O–H groups in total. The molecule has 0 saturated heterocycles. The number of rotatable bonds is 5. The molecule has 0 amide bonds. The van der Waals surface area contributed by atoms with Crippen molar-refractivity contribution >= 4 is 11.7 Å². The number of aliphatic imine (C=N–C) groups is 2. The average Bonchev–Trinajstić information content (AvgIpc) is 3.59. The van der Waals surface area contributed by atoms with Crippen LogP contribution in [-0.4, -0.2) is 16.7 Å². The number of hydrogen-bond donors (Lipinski definition) is 1. The SMILES string of the molecule is CC1(C)c2ccccc2C2(c3ccccc3-c3ccc(-c4cccc(C5N=C(c6cccc(-c7ccccn7)c6)N=C(c6ccccc6)N5)c4)cc32)c2ccccc21. The molecule has 0 bridgehead atoms. The van der Waals surface area contributed by atoms with Gasteiger partial charge in [-0.25, -0.2) is 9.98 Å². The number of hydrogen-bond acceptors (Lipinski definition) is 4. The fourth-order valence-corrected chi connectivity index (χ4v) is 9.77. The molecule has 0 saturated carbocycles. The van der Waals surface area contributed by atoms with Gasteiger partial charge in [0.1, 0.15) is 12.0 Å². The topological polar surface area (TPSA) is 49.6 Å². The summed E-state index contributed by atoms with van der Waals surface area (Å²) in [5.74, 6) is 1.47. The van der Waals surface area contributed by atoms with Crippen LogP contribution in [0.2, 0.25) is 0 Å². The molecule has 11 rings (SSSR count). The van der Waals surface area contributed by atoms with Crippen molar-refractivity contribution in [3.05, 3.63) is 244 Å². The molecule has 2 aliphatic carbocycles. The Morgan fingerprint density at radius 3 is 1.81 bits per heavy atom. The first kappa shape index (κ1) is 34.1. The normalized spacial score (nSPS) is 16.6. The first-order chi connectivity index (χ1) is 28.5. The van der Waals surface area contributed by atoms with E-state index in [1.165, 1.54) is 50.1 Å². The summed E-state index contributed by atoms with van der Waals surface area (Å²) in [7, 11) is 0. The maximum Gasteiger partial charge on any atom is 0.159 e. The maximum absolute atomic E-state index is 5.28. The van der Waals surface area contributed by atoms with E-state index in [9.17, 15) is 0 Å². The lowest BCUT2D eigenvalue weighted by atomic mass is 9.55. The van der Waals surface area contributed by atoms with Crippen LogP contribution in [0.1, 0.15) is 70.1 Å². The highest BCUT2D eigenvalue weighted by Gasteiger charge is 2.53. The number of benzene rings is 7. The van der Waals surface area contributed by atoms with E-state index in [-0.39, 0.29) is 11.6 Å². The van der Waals surface area contributed by atoms with Crippen molar-refractivity contribution in [1.82, 2.24) is 10.3 Å².